The van der Waals surface area contributed by atoms with E-state index < -0.39 is 5.97 Å². The summed E-state index contributed by atoms with van der Waals surface area (Å²) in [6, 6.07) is 0. The van der Waals surface area contributed by atoms with Gasteiger partial charge in [-0.2, -0.15) is 0 Å². The molecule has 9 atom stereocenters. The molecule has 4 heteroatoms. The van der Waals surface area contributed by atoms with Gasteiger partial charge in [0.05, 0.1) is 12.0 Å². The number of fused-ring (bicyclic) bond motifs is 5. The first-order chi connectivity index (χ1) is 19.4. The van der Waals surface area contributed by atoms with Gasteiger partial charge in [0.2, 0.25) is 0 Å². The molecule has 41 heavy (non-hydrogen) atoms. The molecule has 1 unspecified atom stereocenters. The van der Waals surface area contributed by atoms with Gasteiger partial charge < -0.3 is 14.6 Å². The summed E-state index contributed by atoms with van der Waals surface area (Å²) in [7, 11) is 0. The SMILES string of the molecule is CCOCO[C@H]1CC[C@@]2(C)C(=CC[C@H]3[C@@H]4CC[C@H]([C@@H](C)CC(C(=O)O)C5CCC(C(C)(C)C)CC5)[C@@]4(C)CC[C@@H]32)C1. The summed E-state index contributed by atoms with van der Waals surface area (Å²) >= 11 is 0. The summed E-state index contributed by atoms with van der Waals surface area (Å²) in [5.74, 6) is 3.95. The lowest BCUT2D eigenvalue weighted by Gasteiger charge is -2.58. The predicted molar refractivity (Wildman–Crippen MR) is 166 cm³/mol. The first kappa shape index (κ1) is 31.6. The smallest absolute Gasteiger partial charge is 0.306 e. The molecule has 4 fully saturated rings. The monoisotopic (exact) mass is 570 g/mol. The Labute approximate surface area is 251 Å². The third-order valence-corrected chi connectivity index (χ3v) is 13.9. The van der Waals surface area contributed by atoms with Crippen LogP contribution in [0.4, 0.5) is 0 Å². The van der Waals surface area contributed by atoms with Crippen molar-refractivity contribution in [2.75, 3.05) is 13.4 Å². The van der Waals surface area contributed by atoms with Crippen LogP contribution in [0.3, 0.4) is 0 Å². The topological polar surface area (TPSA) is 55.8 Å². The second-order valence-corrected chi connectivity index (χ2v) is 16.8. The molecule has 0 bridgehead atoms. The van der Waals surface area contributed by atoms with E-state index in [0.717, 1.165) is 55.8 Å². The van der Waals surface area contributed by atoms with Gasteiger partial charge in [0.1, 0.15) is 6.79 Å². The summed E-state index contributed by atoms with van der Waals surface area (Å²) in [6.45, 7) is 17.9. The van der Waals surface area contributed by atoms with Crippen molar-refractivity contribution in [2.24, 2.45) is 63.6 Å². The average molecular weight is 571 g/mol. The molecule has 5 aliphatic carbocycles. The predicted octanol–water partition coefficient (Wildman–Crippen LogP) is 9.52. The lowest BCUT2D eigenvalue weighted by atomic mass is 9.47. The quantitative estimate of drug-likeness (QED) is 0.170. The average Bonchev–Trinajstić information content (AvgIpc) is 3.28. The molecule has 0 aliphatic heterocycles. The fourth-order valence-corrected chi connectivity index (χ4v) is 11.4. The third-order valence-electron chi connectivity index (χ3n) is 13.9. The summed E-state index contributed by atoms with van der Waals surface area (Å²) in [6.07, 6.45) is 18.5. The van der Waals surface area contributed by atoms with Crippen molar-refractivity contribution in [3.63, 3.8) is 0 Å². The molecule has 5 rings (SSSR count). The van der Waals surface area contributed by atoms with Crippen molar-refractivity contribution >= 4 is 5.97 Å². The number of hydrogen-bond acceptors (Lipinski definition) is 3. The van der Waals surface area contributed by atoms with Crippen molar-refractivity contribution in [2.45, 2.75) is 138 Å². The minimum absolute atomic E-state index is 0.163. The van der Waals surface area contributed by atoms with Gasteiger partial charge in [-0.1, -0.05) is 53.2 Å². The highest BCUT2D eigenvalue weighted by Gasteiger charge is 2.59. The minimum atomic E-state index is -0.529. The summed E-state index contributed by atoms with van der Waals surface area (Å²) in [5.41, 5.74) is 2.71. The lowest BCUT2D eigenvalue weighted by molar-refractivity contribution is -0.145. The first-order valence-electron chi connectivity index (χ1n) is 17.5. The van der Waals surface area contributed by atoms with E-state index in [1.807, 2.05) is 6.92 Å². The van der Waals surface area contributed by atoms with Gasteiger partial charge in [-0.15, -0.1) is 0 Å². The fraction of sp³-hybridized carbons (Fsp3) is 0.919. The van der Waals surface area contributed by atoms with E-state index in [0.29, 0.717) is 53.5 Å². The van der Waals surface area contributed by atoms with Crippen LogP contribution in [-0.2, 0) is 14.3 Å². The molecule has 0 amide bonds. The van der Waals surface area contributed by atoms with Crippen LogP contribution >= 0.6 is 0 Å². The minimum Gasteiger partial charge on any atom is -0.481 e. The van der Waals surface area contributed by atoms with Crippen LogP contribution in [0.5, 0.6) is 0 Å². The Balaban J connectivity index is 1.24. The first-order valence-corrected chi connectivity index (χ1v) is 17.5. The maximum Gasteiger partial charge on any atom is 0.306 e. The second-order valence-electron chi connectivity index (χ2n) is 16.8. The van der Waals surface area contributed by atoms with Gasteiger partial charge >= 0.3 is 5.97 Å². The van der Waals surface area contributed by atoms with Crippen molar-refractivity contribution in [1.82, 2.24) is 0 Å². The van der Waals surface area contributed by atoms with Gasteiger partial charge in [0, 0.05) is 6.61 Å². The number of hydrogen-bond donors (Lipinski definition) is 1. The Hall–Kier alpha value is -0.870. The summed E-state index contributed by atoms with van der Waals surface area (Å²) < 4.78 is 11.6. The van der Waals surface area contributed by atoms with Crippen LogP contribution in [0.2, 0.25) is 0 Å². The van der Waals surface area contributed by atoms with Crippen LogP contribution < -0.4 is 0 Å². The van der Waals surface area contributed by atoms with Crippen LogP contribution in [-0.4, -0.2) is 30.6 Å². The molecule has 4 saturated carbocycles. The van der Waals surface area contributed by atoms with Gasteiger partial charge in [-0.05, 0) is 148 Å². The third kappa shape index (κ3) is 6.09. The van der Waals surface area contributed by atoms with Crippen molar-refractivity contribution in [1.29, 1.82) is 0 Å². The number of allylic oxidation sites excluding steroid dienone is 1. The molecule has 234 valence electrons. The van der Waals surface area contributed by atoms with Gasteiger partial charge in [-0.25, -0.2) is 0 Å². The Kier molecular flexibility index (Phi) is 9.43. The standard InChI is InChI=1S/C37H62O4/c1-8-40-23-41-28-17-19-36(6)27(22-28)13-14-29-32-16-15-31(37(32,7)20-18-33(29)36)24(2)21-30(34(38)39)25-9-11-26(12-10-25)35(3,4)5/h13,24-26,28-33H,8-12,14-23H2,1-7H3,(H,38,39)/t24-,25?,26?,28-,29-,30?,31+,32-,33-,36-,37+/m0/s1. The van der Waals surface area contributed by atoms with E-state index in [2.05, 4.69) is 47.6 Å². The molecule has 0 aromatic carbocycles. The van der Waals surface area contributed by atoms with E-state index in [4.69, 9.17) is 9.47 Å². The van der Waals surface area contributed by atoms with E-state index in [1.165, 1.54) is 51.4 Å². The molecule has 0 aromatic heterocycles. The zero-order valence-corrected chi connectivity index (χ0v) is 27.6. The molecule has 4 nitrogen and oxygen atoms in total. The van der Waals surface area contributed by atoms with Crippen molar-refractivity contribution < 1.29 is 19.4 Å². The van der Waals surface area contributed by atoms with Gasteiger partial charge in [0.15, 0.2) is 0 Å². The second kappa shape index (κ2) is 12.3. The zero-order valence-electron chi connectivity index (χ0n) is 27.6. The van der Waals surface area contributed by atoms with Crippen molar-refractivity contribution in [3.05, 3.63) is 11.6 Å². The largest absolute Gasteiger partial charge is 0.481 e. The Morgan fingerprint density at radius 2 is 1.76 bits per heavy atom. The highest BCUT2D eigenvalue weighted by molar-refractivity contribution is 5.70. The molecule has 0 radical (unpaired) electrons. The molecular formula is C37H62O4. The van der Waals surface area contributed by atoms with E-state index >= 15 is 0 Å². The van der Waals surface area contributed by atoms with Crippen molar-refractivity contribution in [3.8, 4) is 0 Å². The molecule has 0 saturated heterocycles. The Morgan fingerprint density at radius 1 is 1.02 bits per heavy atom. The molecule has 0 spiro atoms. The number of ether oxygens (including phenoxy) is 2. The summed E-state index contributed by atoms with van der Waals surface area (Å²) in [5, 5.41) is 10.4. The number of carbonyl (C=O) groups is 1. The van der Waals surface area contributed by atoms with E-state index in [1.54, 1.807) is 5.57 Å². The molecule has 0 aromatic rings. The molecular weight excluding hydrogens is 508 g/mol. The zero-order chi connectivity index (χ0) is 29.6. The number of carboxylic acids is 1. The van der Waals surface area contributed by atoms with E-state index in [9.17, 15) is 9.90 Å². The van der Waals surface area contributed by atoms with Crippen LogP contribution in [0.15, 0.2) is 11.6 Å². The van der Waals surface area contributed by atoms with Crippen LogP contribution in [0.25, 0.3) is 0 Å². The maximum atomic E-state index is 12.6. The Morgan fingerprint density at radius 3 is 2.41 bits per heavy atom. The van der Waals surface area contributed by atoms with Gasteiger partial charge in [-0.3, -0.25) is 4.79 Å². The van der Waals surface area contributed by atoms with Crippen LogP contribution in [0.1, 0.15) is 132 Å². The normalized spacial score (nSPS) is 42.4. The molecule has 1 N–H and O–H groups in total. The van der Waals surface area contributed by atoms with E-state index in [-0.39, 0.29) is 5.92 Å². The Bertz CT molecular complexity index is 941. The highest BCUT2D eigenvalue weighted by atomic mass is 16.7. The van der Waals surface area contributed by atoms with Gasteiger partial charge in [0.25, 0.3) is 0 Å². The lowest BCUT2D eigenvalue weighted by Crippen LogP contribution is -2.51. The summed E-state index contributed by atoms with van der Waals surface area (Å²) in [4.78, 5) is 12.6. The fourth-order valence-electron chi connectivity index (χ4n) is 11.4. The maximum absolute atomic E-state index is 12.6. The number of rotatable bonds is 9. The van der Waals surface area contributed by atoms with Crippen LogP contribution in [0, 0.1) is 63.6 Å². The number of aliphatic carboxylic acids is 1. The molecule has 5 aliphatic rings. The molecule has 0 heterocycles. The highest BCUT2D eigenvalue weighted by Crippen LogP contribution is 2.67. The number of carboxylic acid groups (broad SMARTS) is 1.